The summed E-state index contributed by atoms with van der Waals surface area (Å²) in [5, 5.41) is 3.43. The Labute approximate surface area is 126 Å². The number of hydrogen-bond acceptors (Lipinski definition) is 3. The van der Waals surface area contributed by atoms with Crippen molar-refractivity contribution in [1.29, 1.82) is 0 Å². The average molecular weight is 301 g/mol. The molecule has 0 amide bonds. The van der Waals surface area contributed by atoms with Gasteiger partial charge in [0.15, 0.2) is 0 Å². The molecule has 122 valence electrons. The van der Waals surface area contributed by atoms with Crippen LogP contribution in [0.2, 0.25) is 0 Å². The average Bonchev–Trinajstić information content (AvgIpc) is 2.43. The highest BCUT2D eigenvalue weighted by Crippen LogP contribution is 2.06. The fourth-order valence-corrected chi connectivity index (χ4v) is 1.64. The molecule has 0 aliphatic heterocycles. The molecule has 0 aromatic rings. The minimum atomic E-state index is -0.794. The number of hydrogen-bond donors (Lipinski definition) is 4. The molecule has 0 spiro atoms. The molecule has 0 saturated carbocycles. The van der Waals surface area contributed by atoms with Crippen molar-refractivity contribution in [2.75, 3.05) is 6.61 Å². The van der Waals surface area contributed by atoms with Gasteiger partial charge in [0.1, 0.15) is 6.61 Å². The molecule has 0 aromatic heterocycles. The van der Waals surface area contributed by atoms with Gasteiger partial charge in [-0.1, -0.05) is 39.2 Å². The van der Waals surface area contributed by atoms with Gasteiger partial charge in [-0.2, -0.15) is 0 Å². The van der Waals surface area contributed by atoms with Crippen molar-refractivity contribution in [2.45, 2.75) is 51.7 Å². The van der Waals surface area contributed by atoms with Crippen molar-refractivity contribution in [1.82, 2.24) is 0 Å². The van der Waals surface area contributed by atoms with Crippen molar-refractivity contribution >= 4 is 11.9 Å². The first-order valence-corrected chi connectivity index (χ1v) is 7.20. The highest BCUT2D eigenvalue weighted by atomic mass is 16.7. The standard InChI is InChI=1S/C13H28N6O2/c1-3-5-6-7-8-9-10-20-19(13(16)17)11(4-2)21-18-12(14)15/h4,11H,2-3,5-10H2,1H3,(H7,14,15,16,17,18)/p+1. The van der Waals surface area contributed by atoms with E-state index in [0.717, 1.165) is 12.8 Å². The molecule has 0 radical (unpaired) electrons. The van der Waals surface area contributed by atoms with E-state index in [0.29, 0.717) is 6.61 Å². The Hall–Kier alpha value is -2.12. The van der Waals surface area contributed by atoms with Gasteiger partial charge >= 0.3 is 5.96 Å². The summed E-state index contributed by atoms with van der Waals surface area (Å²) < 4.78 is 1.19. The Morgan fingerprint density at radius 1 is 1.14 bits per heavy atom. The third kappa shape index (κ3) is 9.42. The zero-order chi connectivity index (χ0) is 16.1. The summed E-state index contributed by atoms with van der Waals surface area (Å²) in [4.78, 5) is 10.5. The predicted molar refractivity (Wildman–Crippen MR) is 83.9 cm³/mol. The number of oxime groups is 1. The van der Waals surface area contributed by atoms with E-state index in [9.17, 15) is 0 Å². The van der Waals surface area contributed by atoms with Gasteiger partial charge in [0.25, 0.3) is 6.23 Å². The Morgan fingerprint density at radius 2 is 1.76 bits per heavy atom. The smallest absolute Gasteiger partial charge is 0.367 e. The normalized spacial score (nSPS) is 11.3. The molecule has 8 N–H and O–H groups in total. The molecular formula is C13H29N6O2+. The molecule has 0 bridgehead atoms. The largest absolute Gasteiger partial charge is 0.381 e. The number of unbranched alkanes of at least 4 members (excludes halogenated alkanes) is 5. The van der Waals surface area contributed by atoms with E-state index in [-0.39, 0.29) is 11.9 Å². The topological polar surface area (TPSA) is 138 Å². The Bertz CT molecular complexity index is 349. The molecule has 0 heterocycles. The zero-order valence-electron chi connectivity index (χ0n) is 12.8. The van der Waals surface area contributed by atoms with Crippen molar-refractivity contribution in [2.24, 2.45) is 28.1 Å². The number of nitrogens with zero attached hydrogens (tertiary/aromatic N) is 2. The summed E-state index contributed by atoms with van der Waals surface area (Å²) in [5.74, 6) is -0.273. The third-order valence-corrected chi connectivity index (χ3v) is 2.68. The maximum absolute atomic E-state index is 5.56. The van der Waals surface area contributed by atoms with E-state index in [1.165, 1.54) is 36.5 Å². The molecule has 1 atom stereocenters. The van der Waals surface area contributed by atoms with Crippen LogP contribution in [0, 0.1) is 0 Å². The molecular weight excluding hydrogens is 272 g/mol. The van der Waals surface area contributed by atoms with Crippen LogP contribution < -0.4 is 22.9 Å². The molecule has 0 rings (SSSR count). The molecule has 0 saturated heterocycles. The van der Waals surface area contributed by atoms with Crippen LogP contribution in [0.3, 0.4) is 0 Å². The van der Waals surface area contributed by atoms with Gasteiger partial charge in [-0.25, -0.2) is 0 Å². The Morgan fingerprint density at radius 3 is 2.29 bits per heavy atom. The molecule has 0 aliphatic rings. The van der Waals surface area contributed by atoms with Crippen molar-refractivity contribution in [3.8, 4) is 0 Å². The monoisotopic (exact) mass is 301 g/mol. The minimum Gasteiger partial charge on any atom is -0.367 e. The summed E-state index contributed by atoms with van der Waals surface area (Å²) >= 11 is 0. The summed E-state index contributed by atoms with van der Waals surface area (Å²) in [7, 11) is 0. The van der Waals surface area contributed by atoms with Crippen molar-refractivity contribution < 1.29 is 14.4 Å². The van der Waals surface area contributed by atoms with Crippen LogP contribution in [0.25, 0.3) is 0 Å². The molecule has 0 fully saturated rings. The van der Waals surface area contributed by atoms with E-state index in [1.54, 1.807) is 0 Å². The highest BCUT2D eigenvalue weighted by Gasteiger charge is 2.19. The minimum absolute atomic E-state index is 0.0586. The lowest BCUT2D eigenvalue weighted by Crippen LogP contribution is -2.42. The summed E-state index contributed by atoms with van der Waals surface area (Å²) in [6, 6.07) is 0. The van der Waals surface area contributed by atoms with Crippen molar-refractivity contribution in [3.63, 3.8) is 0 Å². The second-order valence-electron chi connectivity index (χ2n) is 4.60. The fourth-order valence-electron chi connectivity index (χ4n) is 1.64. The Balaban J connectivity index is 4.22. The van der Waals surface area contributed by atoms with Gasteiger partial charge in [-0.15, -0.1) is 0 Å². The molecule has 1 unspecified atom stereocenters. The summed E-state index contributed by atoms with van der Waals surface area (Å²) in [6.45, 7) is 6.26. The number of nitrogens with two attached hydrogens (primary N) is 4. The van der Waals surface area contributed by atoms with E-state index in [2.05, 4.69) is 18.7 Å². The van der Waals surface area contributed by atoms with Crippen LogP contribution in [-0.4, -0.2) is 29.5 Å². The first-order valence-electron chi connectivity index (χ1n) is 7.20. The first-order chi connectivity index (χ1) is 10.0. The molecule has 0 aromatic carbocycles. The van der Waals surface area contributed by atoms with Crippen molar-refractivity contribution in [3.05, 3.63) is 12.7 Å². The van der Waals surface area contributed by atoms with E-state index >= 15 is 0 Å². The molecule has 8 nitrogen and oxygen atoms in total. The van der Waals surface area contributed by atoms with Gasteiger partial charge in [-0.05, 0) is 28.8 Å². The van der Waals surface area contributed by atoms with Gasteiger partial charge in [-0.3, -0.25) is 11.5 Å². The van der Waals surface area contributed by atoms with Crippen LogP contribution in [0.1, 0.15) is 45.4 Å². The van der Waals surface area contributed by atoms with E-state index in [4.69, 9.17) is 32.6 Å². The van der Waals surface area contributed by atoms with Gasteiger partial charge < -0.3 is 21.1 Å². The van der Waals surface area contributed by atoms with E-state index in [1.807, 2.05) is 0 Å². The predicted octanol–water partition coefficient (Wildman–Crippen LogP) is 0.282. The lowest BCUT2D eigenvalue weighted by molar-refractivity contribution is -0.828. The van der Waals surface area contributed by atoms with Crippen LogP contribution in [0.5, 0.6) is 0 Å². The first kappa shape index (κ1) is 18.9. The lowest BCUT2D eigenvalue weighted by Gasteiger charge is -2.15. The van der Waals surface area contributed by atoms with Gasteiger partial charge in [0.05, 0.1) is 0 Å². The maximum Gasteiger partial charge on any atom is 0.381 e. The van der Waals surface area contributed by atoms with E-state index < -0.39 is 6.23 Å². The summed E-state index contributed by atoms with van der Waals surface area (Å²) in [6.07, 6.45) is 7.55. The lowest BCUT2D eigenvalue weighted by atomic mass is 10.1. The zero-order valence-corrected chi connectivity index (χ0v) is 12.8. The van der Waals surface area contributed by atoms with Crippen LogP contribution >= 0.6 is 0 Å². The highest BCUT2D eigenvalue weighted by molar-refractivity contribution is 5.75. The quantitative estimate of drug-likeness (QED) is 0.0777. The molecule has 0 aliphatic carbocycles. The SMILES string of the molecule is C=CC(ON=C(N)N)[N+](OCCCCCCCC)=C(N)N. The van der Waals surface area contributed by atoms with Crippen LogP contribution in [0.15, 0.2) is 17.8 Å². The second-order valence-corrected chi connectivity index (χ2v) is 4.60. The number of hydroxylamine groups is 1. The van der Waals surface area contributed by atoms with Crippen LogP contribution in [-0.2, 0) is 9.68 Å². The number of guanidine groups is 2. The van der Waals surface area contributed by atoms with Gasteiger partial charge in [0.2, 0.25) is 5.96 Å². The fraction of sp³-hybridized carbons (Fsp3) is 0.692. The van der Waals surface area contributed by atoms with Crippen LogP contribution in [0.4, 0.5) is 0 Å². The molecule has 8 heteroatoms. The Kier molecular flexibility index (Phi) is 10.5. The maximum atomic E-state index is 5.56. The third-order valence-electron chi connectivity index (χ3n) is 2.68. The summed E-state index contributed by atoms with van der Waals surface area (Å²) in [5.41, 5.74) is 21.5. The second kappa shape index (κ2) is 11.7. The number of rotatable bonds is 12. The van der Waals surface area contributed by atoms with Gasteiger partial charge in [0, 0.05) is 0 Å². The molecule has 21 heavy (non-hydrogen) atoms.